The summed E-state index contributed by atoms with van der Waals surface area (Å²) in [6.45, 7) is 4.86. The number of carbonyl (C=O) groups excluding carboxylic acids is 3. The van der Waals surface area contributed by atoms with Gasteiger partial charge in [0.05, 0.1) is 18.8 Å². The maximum absolute atomic E-state index is 10.8. The molecule has 30 heavy (non-hydrogen) atoms. The van der Waals surface area contributed by atoms with E-state index in [-0.39, 0.29) is 0 Å². The second-order valence-electron chi connectivity index (χ2n) is 6.95. The molecule has 0 aromatic heterocycles. The van der Waals surface area contributed by atoms with Crippen molar-refractivity contribution in [1.82, 2.24) is 0 Å². The van der Waals surface area contributed by atoms with Gasteiger partial charge in [-0.05, 0) is 65.5 Å². The Kier molecular flexibility index (Phi) is 9.30. The Morgan fingerprint density at radius 1 is 0.667 bits per heavy atom. The Bertz CT molecular complexity index is 961. The van der Waals surface area contributed by atoms with Crippen LogP contribution in [-0.2, 0) is 46.5 Å². The molecule has 2 aromatic rings. The molecule has 0 radical (unpaired) electrons. The van der Waals surface area contributed by atoms with Gasteiger partial charge in [0.2, 0.25) is 18.2 Å². The summed E-state index contributed by atoms with van der Waals surface area (Å²) in [7, 11) is 0. The molecule has 0 aliphatic heterocycles. The van der Waals surface area contributed by atoms with E-state index in [1.165, 1.54) is 0 Å². The lowest BCUT2D eigenvalue weighted by atomic mass is 9.93. The second kappa shape index (κ2) is 12.2. The Labute approximate surface area is 176 Å². The van der Waals surface area contributed by atoms with Crippen LogP contribution in [0.1, 0.15) is 47.2 Å². The Balaban J connectivity index is 2.40. The van der Waals surface area contributed by atoms with Gasteiger partial charge in [-0.15, -0.1) is 0 Å². The lowest BCUT2D eigenvalue weighted by molar-refractivity contribution is 0.562. The number of benzene rings is 2. The highest BCUT2D eigenvalue weighted by Crippen LogP contribution is 2.29. The summed E-state index contributed by atoms with van der Waals surface area (Å²) in [5, 5.41) is 0. The topological polar surface area (TPSA) is 88.3 Å². The van der Waals surface area contributed by atoms with Gasteiger partial charge in [0, 0.05) is 0 Å². The molecule has 0 saturated heterocycles. The van der Waals surface area contributed by atoms with Crippen LogP contribution in [0.5, 0.6) is 0 Å². The summed E-state index contributed by atoms with van der Waals surface area (Å²) in [5.41, 5.74) is 7.22. The minimum Gasteiger partial charge on any atom is -0.211 e. The highest BCUT2D eigenvalue weighted by atomic mass is 16.1. The summed E-state index contributed by atoms with van der Waals surface area (Å²) in [4.78, 5) is 42.8. The second-order valence-corrected chi connectivity index (χ2v) is 6.95. The average molecular weight is 403 g/mol. The molecule has 0 saturated carbocycles. The van der Waals surface area contributed by atoms with Gasteiger partial charge in [-0.25, -0.2) is 24.4 Å². The minimum atomic E-state index is 0.386. The zero-order valence-corrected chi connectivity index (χ0v) is 17.4. The van der Waals surface area contributed by atoms with Gasteiger partial charge >= 0.3 is 0 Å². The van der Waals surface area contributed by atoms with Crippen molar-refractivity contribution in [3.8, 4) is 0 Å². The van der Waals surface area contributed by atoms with Crippen molar-refractivity contribution in [3.63, 3.8) is 0 Å². The third-order valence-corrected chi connectivity index (χ3v) is 4.92. The van der Waals surface area contributed by atoms with Crippen molar-refractivity contribution in [3.05, 3.63) is 63.7 Å². The predicted octanol–water partition coefficient (Wildman–Crippen LogP) is 4.13. The van der Waals surface area contributed by atoms with Gasteiger partial charge in [-0.1, -0.05) is 44.2 Å². The van der Waals surface area contributed by atoms with E-state index in [1.54, 1.807) is 18.2 Å². The summed E-state index contributed by atoms with van der Waals surface area (Å²) in [5.74, 6) is 0. The maximum atomic E-state index is 10.8. The molecule has 2 rings (SSSR count). The van der Waals surface area contributed by atoms with Crippen LogP contribution in [0.2, 0.25) is 0 Å². The molecule has 0 bridgehead atoms. The van der Waals surface area contributed by atoms with Crippen molar-refractivity contribution in [1.29, 1.82) is 0 Å². The fourth-order valence-electron chi connectivity index (χ4n) is 3.59. The lowest BCUT2D eigenvalue weighted by Crippen LogP contribution is -2.00. The smallest absolute Gasteiger partial charge is 0.211 e. The fraction of sp³-hybridized carbons (Fsp3) is 0.375. The Hall–Kier alpha value is -3.42. The van der Waals surface area contributed by atoms with Crippen molar-refractivity contribution < 1.29 is 14.4 Å². The first-order valence-electron chi connectivity index (χ1n) is 10.1. The average Bonchev–Trinajstić information content (AvgIpc) is 2.75. The minimum absolute atomic E-state index is 0.386. The first-order valence-corrected chi connectivity index (χ1v) is 10.1. The molecular formula is C24H25N3O3. The van der Waals surface area contributed by atoms with E-state index in [9.17, 15) is 14.4 Å². The Morgan fingerprint density at radius 2 is 1.13 bits per heavy atom. The van der Waals surface area contributed by atoms with Crippen LogP contribution in [0.25, 0.3) is 0 Å². The SMILES string of the molecule is CCc1cc(Cc2cc(CCN=C=O)cc(CCN=C=O)c2)cc(CC)c1N=C=O. The number of nitrogens with zero attached hydrogens (tertiary/aromatic N) is 3. The van der Waals surface area contributed by atoms with Crippen LogP contribution >= 0.6 is 0 Å². The van der Waals surface area contributed by atoms with E-state index in [0.29, 0.717) is 25.9 Å². The van der Waals surface area contributed by atoms with E-state index in [0.717, 1.165) is 58.3 Å². The van der Waals surface area contributed by atoms with Crippen LogP contribution in [0.15, 0.2) is 45.3 Å². The standard InChI is InChI=1S/C24H25N3O3/c1-3-22-13-21(14-23(4-2)24(22)27-17-30)12-20-10-18(5-7-25-15-28)9-19(11-20)6-8-26-16-29/h9-11,13-14H,3-8,12H2,1-2H3. The van der Waals surface area contributed by atoms with E-state index in [2.05, 4.69) is 45.3 Å². The van der Waals surface area contributed by atoms with Gasteiger partial charge in [0.25, 0.3) is 0 Å². The summed E-state index contributed by atoms with van der Waals surface area (Å²) in [6.07, 6.45) is 8.37. The van der Waals surface area contributed by atoms with Gasteiger partial charge in [-0.3, -0.25) is 0 Å². The van der Waals surface area contributed by atoms with E-state index < -0.39 is 0 Å². The molecule has 0 atom stereocenters. The third kappa shape index (κ3) is 6.58. The molecule has 0 heterocycles. The molecule has 0 unspecified atom stereocenters. The van der Waals surface area contributed by atoms with Crippen molar-refractivity contribution in [2.75, 3.05) is 13.1 Å². The number of rotatable bonds is 11. The molecule has 0 spiro atoms. The Morgan fingerprint density at radius 3 is 1.57 bits per heavy atom. The van der Waals surface area contributed by atoms with E-state index in [1.807, 2.05) is 13.8 Å². The van der Waals surface area contributed by atoms with E-state index >= 15 is 0 Å². The molecule has 0 N–H and O–H groups in total. The molecular weight excluding hydrogens is 378 g/mol. The normalized spacial score (nSPS) is 9.93. The number of isocyanates is 3. The highest BCUT2D eigenvalue weighted by molar-refractivity contribution is 5.60. The van der Waals surface area contributed by atoms with Gasteiger partial charge < -0.3 is 0 Å². The summed E-state index contributed by atoms with van der Waals surface area (Å²) >= 11 is 0. The van der Waals surface area contributed by atoms with Crippen LogP contribution in [0, 0.1) is 0 Å². The first-order chi connectivity index (χ1) is 14.6. The predicted molar refractivity (Wildman–Crippen MR) is 116 cm³/mol. The third-order valence-electron chi connectivity index (χ3n) is 4.92. The van der Waals surface area contributed by atoms with Gasteiger partial charge in [0.1, 0.15) is 0 Å². The van der Waals surface area contributed by atoms with Crippen LogP contribution in [0.4, 0.5) is 5.69 Å². The van der Waals surface area contributed by atoms with Crippen LogP contribution in [0.3, 0.4) is 0 Å². The number of hydrogen-bond donors (Lipinski definition) is 0. The molecule has 0 aliphatic rings. The molecule has 6 nitrogen and oxygen atoms in total. The fourth-order valence-corrected chi connectivity index (χ4v) is 3.59. The van der Waals surface area contributed by atoms with Crippen LogP contribution < -0.4 is 0 Å². The maximum Gasteiger partial charge on any atom is 0.240 e. The molecule has 2 aromatic carbocycles. The zero-order chi connectivity index (χ0) is 21.8. The molecule has 154 valence electrons. The van der Waals surface area contributed by atoms with Crippen molar-refractivity contribution in [2.24, 2.45) is 15.0 Å². The summed E-state index contributed by atoms with van der Waals surface area (Å²) < 4.78 is 0. The molecule has 6 heteroatoms. The van der Waals surface area contributed by atoms with Crippen molar-refractivity contribution >= 4 is 23.9 Å². The van der Waals surface area contributed by atoms with E-state index in [4.69, 9.17) is 0 Å². The lowest BCUT2D eigenvalue weighted by Gasteiger charge is -2.13. The largest absolute Gasteiger partial charge is 0.240 e. The molecule has 0 aliphatic carbocycles. The van der Waals surface area contributed by atoms with Crippen LogP contribution in [-0.4, -0.2) is 31.3 Å². The zero-order valence-electron chi connectivity index (χ0n) is 17.4. The molecule has 0 amide bonds. The monoisotopic (exact) mass is 403 g/mol. The summed E-state index contributed by atoms with van der Waals surface area (Å²) in [6, 6.07) is 10.5. The highest BCUT2D eigenvalue weighted by Gasteiger charge is 2.10. The van der Waals surface area contributed by atoms with Crippen molar-refractivity contribution in [2.45, 2.75) is 46.0 Å². The molecule has 0 fully saturated rings. The number of aliphatic imine (C=N–C) groups is 3. The van der Waals surface area contributed by atoms with Gasteiger partial charge in [-0.2, -0.15) is 4.99 Å². The number of aryl methyl sites for hydroxylation is 2. The van der Waals surface area contributed by atoms with Gasteiger partial charge in [0.15, 0.2) is 0 Å². The quantitative estimate of drug-likeness (QED) is 0.417. The number of hydrogen-bond acceptors (Lipinski definition) is 6. The first kappa shape index (κ1) is 22.9.